The molecule has 1 aromatic carbocycles. The van der Waals surface area contributed by atoms with Crippen LogP contribution in [0.2, 0.25) is 0 Å². The van der Waals surface area contributed by atoms with Crippen molar-refractivity contribution in [3.8, 4) is 23.1 Å². The SMILES string of the molecule is COc1cc(OC)c(OC)c([C@@H](c2sc3ncnn3c2O)N2CCCC2)c1. The smallest absolute Gasteiger partial charge is 0.230 e. The van der Waals surface area contributed by atoms with Crippen LogP contribution in [0.4, 0.5) is 0 Å². The van der Waals surface area contributed by atoms with Crippen molar-refractivity contribution in [2.24, 2.45) is 0 Å². The van der Waals surface area contributed by atoms with E-state index in [-0.39, 0.29) is 11.9 Å². The summed E-state index contributed by atoms with van der Waals surface area (Å²) in [5.41, 5.74) is 0.885. The Morgan fingerprint density at radius 2 is 1.89 bits per heavy atom. The summed E-state index contributed by atoms with van der Waals surface area (Å²) in [6, 6.07) is 3.53. The van der Waals surface area contributed by atoms with Gasteiger partial charge in [-0.3, -0.25) is 4.90 Å². The van der Waals surface area contributed by atoms with Crippen molar-refractivity contribution in [1.82, 2.24) is 19.5 Å². The van der Waals surface area contributed by atoms with Gasteiger partial charge in [0.15, 0.2) is 11.5 Å². The van der Waals surface area contributed by atoms with Crippen LogP contribution in [0.15, 0.2) is 18.5 Å². The van der Waals surface area contributed by atoms with Crippen molar-refractivity contribution in [2.45, 2.75) is 18.9 Å². The molecule has 0 spiro atoms. The van der Waals surface area contributed by atoms with E-state index in [1.807, 2.05) is 6.07 Å². The van der Waals surface area contributed by atoms with Crippen molar-refractivity contribution >= 4 is 16.3 Å². The molecule has 3 heterocycles. The Morgan fingerprint density at radius 3 is 2.52 bits per heavy atom. The largest absolute Gasteiger partial charge is 0.497 e. The van der Waals surface area contributed by atoms with Crippen LogP contribution in [0.3, 0.4) is 0 Å². The Balaban J connectivity index is 1.94. The first-order valence-corrected chi connectivity index (χ1v) is 9.55. The Labute approximate surface area is 160 Å². The molecule has 0 bridgehead atoms. The molecule has 0 saturated carbocycles. The van der Waals surface area contributed by atoms with Gasteiger partial charge in [0.2, 0.25) is 10.8 Å². The topological polar surface area (TPSA) is 81.3 Å². The molecule has 1 atom stereocenters. The second-order valence-corrected chi connectivity index (χ2v) is 7.35. The number of aromatic nitrogens is 3. The van der Waals surface area contributed by atoms with E-state index >= 15 is 0 Å². The monoisotopic (exact) mass is 390 g/mol. The molecule has 0 radical (unpaired) electrons. The number of benzene rings is 1. The van der Waals surface area contributed by atoms with Crippen molar-refractivity contribution in [2.75, 3.05) is 34.4 Å². The lowest BCUT2D eigenvalue weighted by molar-refractivity contribution is 0.265. The first-order valence-electron chi connectivity index (χ1n) is 8.73. The summed E-state index contributed by atoms with van der Waals surface area (Å²) in [6.45, 7) is 1.86. The number of nitrogens with zero attached hydrogens (tertiary/aromatic N) is 4. The second-order valence-electron chi connectivity index (χ2n) is 6.34. The standard InChI is InChI=1S/C18H22N4O4S/c1-24-11-8-12(15(26-3)13(9-11)25-2)14(21-6-4-5-7-21)16-17(23)22-18(27-16)19-10-20-22/h8-10,14,23H,4-7H2,1-3H3/t14-/m0/s1. The van der Waals surface area contributed by atoms with E-state index in [2.05, 4.69) is 15.0 Å². The molecule has 1 aliphatic heterocycles. The zero-order valence-corrected chi connectivity index (χ0v) is 16.3. The van der Waals surface area contributed by atoms with Crippen LogP contribution in [-0.4, -0.2) is 59.0 Å². The maximum atomic E-state index is 10.8. The first kappa shape index (κ1) is 17.9. The minimum absolute atomic E-state index is 0.105. The van der Waals surface area contributed by atoms with Gasteiger partial charge in [0.05, 0.1) is 32.2 Å². The molecule has 3 aromatic rings. The van der Waals surface area contributed by atoms with Gasteiger partial charge in [-0.25, -0.2) is 4.98 Å². The van der Waals surface area contributed by atoms with Gasteiger partial charge < -0.3 is 19.3 Å². The van der Waals surface area contributed by atoms with Crippen LogP contribution in [-0.2, 0) is 0 Å². The van der Waals surface area contributed by atoms with E-state index in [1.54, 1.807) is 27.4 Å². The number of thiazole rings is 1. The maximum absolute atomic E-state index is 10.8. The summed E-state index contributed by atoms with van der Waals surface area (Å²) in [7, 11) is 4.85. The van der Waals surface area contributed by atoms with E-state index in [0.717, 1.165) is 36.4 Å². The summed E-state index contributed by atoms with van der Waals surface area (Å²) in [6.07, 6.45) is 3.66. The third kappa shape index (κ3) is 2.96. The Hall–Kier alpha value is -2.52. The third-order valence-corrected chi connectivity index (χ3v) is 5.99. The molecular weight excluding hydrogens is 368 g/mol. The van der Waals surface area contributed by atoms with Gasteiger partial charge in [0, 0.05) is 11.6 Å². The molecule has 1 aliphatic rings. The van der Waals surface area contributed by atoms with Crippen LogP contribution in [0, 0.1) is 0 Å². The summed E-state index contributed by atoms with van der Waals surface area (Å²) in [5.74, 6) is 2.00. The van der Waals surface area contributed by atoms with Crippen LogP contribution in [0.25, 0.3) is 4.96 Å². The lowest BCUT2D eigenvalue weighted by atomic mass is 10.0. The fourth-order valence-electron chi connectivity index (χ4n) is 3.66. The molecule has 1 fully saturated rings. The van der Waals surface area contributed by atoms with Crippen LogP contribution in [0.5, 0.6) is 23.1 Å². The molecule has 9 heteroatoms. The van der Waals surface area contributed by atoms with Crippen molar-refractivity contribution in [3.05, 3.63) is 28.9 Å². The average molecular weight is 390 g/mol. The van der Waals surface area contributed by atoms with E-state index in [1.165, 1.54) is 22.2 Å². The van der Waals surface area contributed by atoms with Gasteiger partial charge in [0.1, 0.15) is 12.1 Å². The summed E-state index contributed by atoms with van der Waals surface area (Å²) < 4.78 is 18.2. The highest BCUT2D eigenvalue weighted by atomic mass is 32.1. The number of fused-ring (bicyclic) bond motifs is 1. The van der Waals surface area contributed by atoms with Gasteiger partial charge in [-0.05, 0) is 32.0 Å². The molecular formula is C18H22N4O4S. The number of likely N-dealkylation sites (tertiary alicyclic amines) is 1. The first-order chi connectivity index (χ1) is 13.2. The van der Waals surface area contributed by atoms with Gasteiger partial charge in [-0.1, -0.05) is 11.3 Å². The number of aromatic hydroxyl groups is 1. The van der Waals surface area contributed by atoms with E-state index in [4.69, 9.17) is 14.2 Å². The van der Waals surface area contributed by atoms with E-state index in [0.29, 0.717) is 22.2 Å². The second kappa shape index (κ2) is 7.24. The minimum Gasteiger partial charge on any atom is -0.497 e. The Kier molecular flexibility index (Phi) is 4.79. The van der Waals surface area contributed by atoms with Gasteiger partial charge in [-0.15, -0.1) is 0 Å². The predicted molar refractivity (Wildman–Crippen MR) is 101 cm³/mol. The number of hydrogen-bond acceptors (Lipinski definition) is 8. The van der Waals surface area contributed by atoms with Gasteiger partial charge in [-0.2, -0.15) is 9.61 Å². The Morgan fingerprint density at radius 1 is 1.11 bits per heavy atom. The lowest BCUT2D eigenvalue weighted by Gasteiger charge is -2.29. The number of methoxy groups -OCH3 is 3. The van der Waals surface area contributed by atoms with Crippen LogP contribution < -0.4 is 14.2 Å². The van der Waals surface area contributed by atoms with Crippen molar-refractivity contribution < 1.29 is 19.3 Å². The minimum atomic E-state index is -0.208. The summed E-state index contributed by atoms with van der Waals surface area (Å²) in [5, 5.41) is 14.9. The highest BCUT2D eigenvalue weighted by molar-refractivity contribution is 7.17. The molecule has 0 unspecified atom stereocenters. The average Bonchev–Trinajstić information content (AvgIpc) is 3.42. The molecule has 0 amide bonds. The zero-order chi connectivity index (χ0) is 19.0. The van der Waals surface area contributed by atoms with Crippen LogP contribution >= 0.6 is 11.3 Å². The van der Waals surface area contributed by atoms with E-state index < -0.39 is 0 Å². The fourth-order valence-corrected chi connectivity index (χ4v) is 4.75. The van der Waals surface area contributed by atoms with Crippen molar-refractivity contribution in [1.29, 1.82) is 0 Å². The number of ether oxygens (including phenoxy) is 3. The molecule has 1 N–H and O–H groups in total. The fraction of sp³-hybridized carbons (Fsp3) is 0.444. The van der Waals surface area contributed by atoms with E-state index in [9.17, 15) is 5.11 Å². The molecule has 2 aromatic heterocycles. The molecule has 144 valence electrons. The van der Waals surface area contributed by atoms with Gasteiger partial charge in [0.25, 0.3) is 0 Å². The van der Waals surface area contributed by atoms with Gasteiger partial charge >= 0.3 is 0 Å². The molecule has 0 aliphatic carbocycles. The lowest BCUT2D eigenvalue weighted by Crippen LogP contribution is -2.26. The quantitative estimate of drug-likeness (QED) is 0.693. The molecule has 27 heavy (non-hydrogen) atoms. The molecule has 1 saturated heterocycles. The molecule has 4 rings (SSSR count). The zero-order valence-electron chi connectivity index (χ0n) is 15.5. The maximum Gasteiger partial charge on any atom is 0.230 e. The Bertz CT molecular complexity index is 948. The van der Waals surface area contributed by atoms with Crippen molar-refractivity contribution in [3.63, 3.8) is 0 Å². The summed E-state index contributed by atoms with van der Waals surface area (Å²) in [4.78, 5) is 7.99. The summed E-state index contributed by atoms with van der Waals surface area (Å²) >= 11 is 1.43. The van der Waals surface area contributed by atoms with Crippen LogP contribution in [0.1, 0.15) is 29.3 Å². The normalized spacial score (nSPS) is 16.0. The highest BCUT2D eigenvalue weighted by Gasteiger charge is 2.34. The highest BCUT2D eigenvalue weighted by Crippen LogP contribution is 2.47. The number of rotatable bonds is 6. The predicted octanol–water partition coefficient (Wildman–Crippen LogP) is 2.71. The third-order valence-electron chi connectivity index (χ3n) is 4.90. The molecule has 8 nitrogen and oxygen atoms in total. The number of hydrogen-bond donors (Lipinski definition) is 1.